The van der Waals surface area contributed by atoms with Crippen molar-refractivity contribution in [1.82, 2.24) is 10.2 Å². The van der Waals surface area contributed by atoms with Gasteiger partial charge in [0.15, 0.2) is 0 Å². The molecule has 2 bridgehead atoms. The van der Waals surface area contributed by atoms with Crippen molar-refractivity contribution in [3.8, 4) is 0 Å². The fourth-order valence-corrected chi connectivity index (χ4v) is 3.32. The number of hydrogen-bond donors (Lipinski definition) is 1. The van der Waals surface area contributed by atoms with E-state index in [0.29, 0.717) is 12.3 Å². The van der Waals surface area contributed by atoms with Crippen molar-refractivity contribution in [2.75, 3.05) is 33.3 Å². The average Bonchev–Trinajstić information content (AvgIpc) is 2.30. The van der Waals surface area contributed by atoms with E-state index in [2.05, 4.69) is 17.1 Å². The Labute approximate surface area is 97.3 Å². The lowest BCUT2D eigenvalue weighted by Gasteiger charge is -2.53. The van der Waals surface area contributed by atoms with Crippen LogP contribution in [0.25, 0.3) is 0 Å². The lowest BCUT2D eigenvalue weighted by molar-refractivity contribution is -0.145. The predicted molar refractivity (Wildman–Crippen MR) is 62.2 cm³/mol. The first-order chi connectivity index (χ1) is 7.70. The average molecular weight is 226 g/mol. The quantitative estimate of drug-likeness (QED) is 0.714. The standard InChI is InChI=1S/C12H22N2O2/c1-3-13-12(8-11(15)16-2)9-14-6-4-10(12)5-7-14/h10,13H,3-9H2,1-2H3. The van der Waals surface area contributed by atoms with Crippen LogP contribution in [0.4, 0.5) is 0 Å². The normalized spacial score (nSPS) is 37.4. The van der Waals surface area contributed by atoms with Gasteiger partial charge in [0.05, 0.1) is 13.5 Å². The second-order valence-corrected chi connectivity index (χ2v) is 4.99. The Balaban J connectivity index is 2.11. The van der Waals surface area contributed by atoms with E-state index in [0.717, 1.165) is 13.1 Å². The molecular weight excluding hydrogens is 204 g/mol. The molecule has 0 radical (unpaired) electrons. The number of likely N-dealkylation sites (N-methyl/N-ethyl adjacent to an activating group) is 1. The third-order valence-corrected chi connectivity index (χ3v) is 4.09. The van der Waals surface area contributed by atoms with Gasteiger partial charge in [-0.05, 0) is 38.4 Å². The molecule has 0 aromatic rings. The summed E-state index contributed by atoms with van der Waals surface area (Å²) < 4.78 is 4.83. The second-order valence-electron chi connectivity index (χ2n) is 4.99. The van der Waals surface area contributed by atoms with Gasteiger partial charge in [-0.2, -0.15) is 0 Å². The minimum atomic E-state index is -0.0882. The SMILES string of the molecule is CCNC1(CC(=O)OC)CN2CCC1CC2. The first kappa shape index (κ1) is 11.9. The maximum Gasteiger partial charge on any atom is 0.307 e. The van der Waals surface area contributed by atoms with Crippen molar-refractivity contribution in [2.45, 2.75) is 31.7 Å². The van der Waals surface area contributed by atoms with Gasteiger partial charge in [0.1, 0.15) is 0 Å². The van der Waals surface area contributed by atoms with Crippen LogP contribution >= 0.6 is 0 Å². The van der Waals surface area contributed by atoms with Crippen LogP contribution < -0.4 is 5.32 Å². The Bertz CT molecular complexity index is 262. The largest absolute Gasteiger partial charge is 0.469 e. The van der Waals surface area contributed by atoms with Crippen molar-refractivity contribution < 1.29 is 9.53 Å². The van der Waals surface area contributed by atoms with Gasteiger partial charge in [0, 0.05) is 12.1 Å². The number of carbonyl (C=O) groups is 1. The molecule has 0 aliphatic carbocycles. The molecule has 92 valence electrons. The van der Waals surface area contributed by atoms with E-state index in [1.165, 1.54) is 33.0 Å². The molecule has 3 saturated heterocycles. The molecule has 3 rings (SSSR count). The number of nitrogens with one attached hydrogen (secondary N) is 1. The fourth-order valence-electron chi connectivity index (χ4n) is 3.32. The van der Waals surface area contributed by atoms with Crippen molar-refractivity contribution in [3.63, 3.8) is 0 Å². The fraction of sp³-hybridized carbons (Fsp3) is 0.917. The zero-order chi connectivity index (χ0) is 11.6. The minimum Gasteiger partial charge on any atom is -0.469 e. The van der Waals surface area contributed by atoms with E-state index in [1.807, 2.05) is 0 Å². The van der Waals surface area contributed by atoms with Gasteiger partial charge in [-0.25, -0.2) is 0 Å². The number of ether oxygens (including phenoxy) is 1. The Morgan fingerprint density at radius 2 is 2.19 bits per heavy atom. The third kappa shape index (κ3) is 2.09. The number of methoxy groups -OCH3 is 1. The molecule has 0 spiro atoms. The van der Waals surface area contributed by atoms with Crippen molar-refractivity contribution in [1.29, 1.82) is 0 Å². The van der Waals surface area contributed by atoms with Gasteiger partial charge in [0.2, 0.25) is 0 Å². The smallest absolute Gasteiger partial charge is 0.307 e. The maximum atomic E-state index is 11.6. The van der Waals surface area contributed by atoms with Crippen LogP contribution in [0.15, 0.2) is 0 Å². The van der Waals surface area contributed by atoms with Gasteiger partial charge < -0.3 is 15.0 Å². The molecule has 3 fully saturated rings. The molecular formula is C12H22N2O2. The van der Waals surface area contributed by atoms with E-state index < -0.39 is 0 Å². The van der Waals surface area contributed by atoms with Crippen LogP contribution in [0.2, 0.25) is 0 Å². The highest BCUT2D eigenvalue weighted by Crippen LogP contribution is 2.37. The molecule has 3 heterocycles. The first-order valence-corrected chi connectivity index (χ1v) is 6.24. The van der Waals surface area contributed by atoms with Gasteiger partial charge in [-0.1, -0.05) is 6.92 Å². The Hall–Kier alpha value is -0.610. The molecule has 1 atom stereocenters. The van der Waals surface area contributed by atoms with E-state index in [9.17, 15) is 4.79 Å². The monoisotopic (exact) mass is 226 g/mol. The second kappa shape index (κ2) is 4.72. The summed E-state index contributed by atoms with van der Waals surface area (Å²) in [4.78, 5) is 14.0. The van der Waals surface area contributed by atoms with Gasteiger partial charge in [0.25, 0.3) is 0 Å². The molecule has 4 nitrogen and oxygen atoms in total. The predicted octanol–water partition coefficient (Wildman–Crippen LogP) is 0.623. The highest BCUT2D eigenvalue weighted by atomic mass is 16.5. The summed E-state index contributed by atoms with van der Waals surface area (Å²) in [5.74, 6) is 0.547. The van der Waals surface area contributed by atoms with Crippen molar-refractivity contribution in [3.05, 3.63) is 0 Å². The molecule has 1 N–H and O–H groups in total. The minimum absolute atomic E-state index is 0.0294. The zero-order valence-corrected chi connectivity index (χ0v) is 10.3. The number of carbonyl (C=O) groups excluding carboxylic acids is 1. The summed E-state index contributed by atoms with van der Waals surface area (Å²) in [5, 5.41) is 3.55. The lowest BCUT2D eigenvalue weighted by atomic mass is 9.71. The summed E-state index contributed by atoms with van der Waals surface area (Å²) in [6.45, 7) is 6.41. The molecule has 0 saturated carbocycles. The summed E-state index contributed by atoms with van der Waals surface area (Å²) in [5.41, 5.74) is -0.0294. The summed E-state index contributed by atoms with van der Waals surface area (Å²) in [6, 6.07) is 0. The molecule has 3 aliphatic rings. The van der Waals surface area contributed by atoms with Crippen LogP contribution in [0.1, 0.15) is 26.2 Å². The molecule has 0 amide bonds. The first-order valence-electron chi connectivity index (χ1n) is 6.24. The van der Waals surface area contributed by atoms with Crippen LogP contribution in [-0.2, 0) is 9.53 Å². The summed E-state index contributed by atoms with van der Waals surface area (Å²) in [7, 11) is 1.48. The van der Waals surface area contributed by atoms with Crippen molar-refractivity contribution >= 4 is 5.97 Å². The van der Waals surface area contributed by atoms with Gasteiger partial charge in [-0.15, -0.1) is 0 Å². The van der Waals surface area contributed by atoms with Gasteiger partial charge >= 0.3 is 5.97 Å². The van der Waals surface area contributed by atoms with Crippen LogP contribution in [0.3, 0.4) is 0 Å². The van der Waals surface area contributed by atoms with Crippen LogP contribution in [0.5, 0.6) is 0 Å². The van der Waals surface area contributed by atoms with E-state index in [1.54, 1.807) is 0 Å². The number of fused-ring (bicyclic) bond motifs is 3. The lowest BCUT2D eigenvalue weighted by Crippen LogP contribution is -2.66. The Kier molecular flexibility index (Phi) is 3.50. The molecule has 3 aliphatic heterocycles. The molecule has 16 heavy (non-hydrogen) atoms. The number of nitrogens with zero attached hydrogens (tertiary/aromatic N) is 1. The van der Waals surface area contributed by atoms with E-state index in [4.69, 9.17) is 4.74 Å². The highest BCUT2D eigenvalue weighted by molar-refractivity contribution is 5.71. The molecule has 0 aromatic carbocycles. The molecule has 4 heteroatoms. The number of esters is 1. The highest BCUT2D eigenvalue weighted by Gasteiger charge is 2.47. The van der Waals surface area contributed by atoms with Gasteiger partial charge in [-0.3, -0.25) is 4.79 Å². The number of hydrogen-bond acceptors (Lipinski definition) is 4. The number of rotatable bonds is 4. The molecule has 1 unspecified atom stereocenters. The van der Waals surface area contributed by atoms with E-state index in [-0.39, 0.29) is 11.5 Å². The van der Waals surface area contributed by atoms with Crippen molar-refractivity contribution in [2.24, 2.45) is 5.92 Å². The Morgan fingerprint density at radius 1 is 1.50 bits per heavy atom. The van der Waals surface area contributed by atoms with Crippen LogP contribution in [-0.4, -0.2) is 49.7 Å². The van der Waals surface area contributed by atoms with Crippen LogP contribution in [0, 0.1) is 5.92 Å². The van der Waals surface area contributed by atoms with E-state index >= 15 is 0 Å². The topological polar surface area (TPSA) is 41.6 Å². The maximum absolute atomic E-state index is 11.6. The summed E-state index contributed by atoms with van der Waals surface area (Å²) in [6.07, 6.45) is 2.94. The Morgan fingerprint density at radius 3 is 2.62 bits per heavy atom. The zero-order valence-electron chi connectivity index (χ0n) is 10.3. The molecule has 0 aromatic heterocycles. The summed E-state index contributed by atoms with van der Waals surface area (Å²) >= 11 is 0. The number of piperidine rings is 3. The third-order valence-electron chi connectivity index (χ3n) is 4.09.